The van der Waals surface area contributed by atoms with Gasteiger partial charge < -0.3 is 9.53 Å². The van der Waals surface area contributed by atoms with E-state index in [1.54, 1.807) is 30.3 Å². The van der Waals surface area contributed by atoms with Gasteiger partial charge in [-0.15, -0.1) is 0 Å². The van der Waals surface area contributed by atoms with Crippen LogP contribution in [0.25, 0.3) is 0 Å². The minimum Gasteiger partial charge on any atom is -0.450 e. The maximum Gasteiger partial charge on any atom is 0.303 e. The van der Waals surface area contributed by atoms with Crippen LogP contribution in [0.2, 0.25) is 0 Å². The molecule has 0 N–H and O–H groups in total. The van der Waals surface area contributed by atoms with Gasteiger partial charge in [0.05, 0.1) is 16.4 Å². The highest BCUT2D eigenvalue weighted by molar-refractivity contribution is 5.76. The zero-order chi connectivity index (χ0) is 21.6. The topological polar surface area (TPSA) is 130 Å². The summed E-state index contributed by atoms with van der Waals surface area (Å²) in [4.78, 5) is 45.8. The van der Waals surface area contributed by atoms with Gasteiger partial charge in [0.25, 0.3) is 11.7 Å². The van der Waals surface area contributed by atoms with Crippen molar-refractivity contribution in [1.29, 1.82) is 0 Å². The number of benzene rings is 2. The van der Waals surface area contributed by atoms with Crippen LogP contribution in [0.1, 0.15) is 43.4 Å². The molecule has 0 saturated carbocycles. The van der Waals surface area contributed by atoms with E-state index in [2.05, 4.69) is 0 Å². The quantitative estimate of drug-likeness (QED) is 0.357. The first-order valence-corrected chi connectivity index (χ1v) is 8.80. The van der Waals surface area contributed by atoms with E-state index in [4.69, 9.17) is 4.74 Å². The van der Waals surface area contributed by atoms with Crippen LogP contribution >= 0.6 is 0 Å². The van der Waals surface area contributed by atoms with Crippen molar-refractivity contribution in [2.45, 2.75) is 38.3 Å². The molecule has 0 saturated heterocycles. The molecule has 0 spiro atoms. The molecule has 0 amide bonds. The van der Waals surface area contributed by atoms with Crippen molar-refractivity contribution >= 4 is 17.4 Å². The first kappa shape index (κ1) is 21.7. The zero-order valence-electron chi connectivity index (χ0n) is 15.9. The summed E-state index contributed by atoms with van der Waals surface area (Å²) >= 11 is 0. The maximum atomic E-state index is 12.1. The number of esters is 1. The predicted octanol–water partition coefficient (Wildman–Crippen LogP) is 3.61. The van der Waals surface area contributed by atoms with E-state index < -0.39 is 39.6 Å². The number of ether oxygens (including phenoxy) is 1. The molecule has 2 aromatic rings. The average molecular weight is 400 g/mol. The van der Waals surface area contributed by atoms with Gasteiger partial charge in [0.15, 0.2) is 0 Å². The molecule has 0 heterocycles. The summed E-state index contributed by atoms with van der Waals surface area (Å²) in [7, 11) is 0. The van der Waals surface area contributed by atoms with E-state index in [9.17, 15) is 29.8 Å². The molecule has 0 aliphatic carbocycles. The average Bonchev–Trinajstić information content (AvgIpc) is 2.66. The Hall–Kier alpha value is -3.62. The van der Waals surface area contributed by atoms with Crippen LogP contribution in [-0.4, -0.2) is 27.6 Å². The number of para-hydroxylation sites is 1. The van der Waals surface area contributed by atoms with E-state index in [0.717, 1.165) is 6.92 Å². The molecule has 0 aliphatic heterocycles. The van der Waals surface area contributed by atoms with Crippen molar-refractivity contribution in [1.82, 2.24) is 0 Å². The molecule has 0 aromatic heterocycles. The second-order valence-corrected chi connectivity index (χ2v) is 6.55. The predicted molar refractivity (Wildman–Crippen MR) is 103 cm³/mol. The van der Waals surface area contributed by atoms with Crippen molar-refractivity contribution in [3.05, 3.63) is 86.0 Å². The standard InChI is InChI=1S/C20H20N2O7/c1-13(23)12-17(15-8-4-3-5-9-15)19(22(27)28)20(29-14(2)24)16-10-6-7-11-18(16)21(25)26/h3-11,17,19-20H,12H2,1-2H3. The molecular formula is C20H20N2O7. The Morgan fingerprint density at radius 3 is 2.07 bits per heavy atom. The van der Waals surface area contributed by atoms with Crippen LogP contribution in [0, 0.1) is 20.2 Å². The zero-order valence-corrected chi connectivity index (χ0v) is 15.9. The minimum atomic E-state index is -1.61. The van der Waals surface area contributed by atoms with Gasteiger partial charge in [-0.1, -0.05) is 42.5 Å². The van der Waals surface area contributed by atoms with Crippen molar-refractivity contribution < 1.29 is 24.2 Å². The van der Waals surface area contributed by atoms with Crippen molar-refractivity contribution in [2.24, 2.45) is 0 Å². The van der Waals surface area contributed by atoms with Gasteiger partial charge in [-0.05, 0) is 18.6 Å². The highest BCUT2D eigenvalue weighted by Crippen LogP contribution is 2.39. The number of hydrogen-bond acceptors (Lipinski definition) is 7. The van der Waals surface area contributed by atoms with Crippen LogP contribution in [-0.2, 0) is 14.3 Å². The summed E-state index contributed by atoms with van der Waals surface area (Å²) in [6, 6.07) is 12.1. The Labute approximate surface area is 166 Å². The number of nitro benzene ring substituents is 1. The van der Waals surface area contributed by atoms with Crippen LogP contribution < -0.4 is 0 Å². The van der Waals surface area contributed by atoms with Gasteiger partial charge in [-0.2, -0.15) is 0 Å². The number of rotatable bonds is 9. The summed E-state index contributed by atoms with van der Waals surface area (Å²) in [6.45, 7) is 2.38. The summed E-state index contributed by atoms with van der Waals surface area (Å²) < 4.78 is 5.24. The van der Waals surface area contributed by atoms with Crippen molar-refractivity contribution in [3.63, 3.8) is 0 Å². The highest BCUT2D eigenvalue weighted by atomic mass is 16.6. The highest BCUT2D eigenvalue weighted by Gasteiger charge is 2.45. The number of carbonyl (C=O) groups excluding carboxylic acids is 2. The van der Waals surface area contributed by atoms with Gasteiger partial charge in [-0.3, -0.25) is 25.0 Å². The number of ketones is 1. The van der Waals surface area contributed by atoms with E-state index in [1.807, 2.05) is 0 Å². The summed E-state index contributed by atoms with van der Waals surface area (Å²) in [6.07, 6.45) is -1.73. The van der Waals surface area contributed by atoms with E-state index in [-0.39, 0.29) is 17.8 Å². The summed E-state index contributed by atoms with van der Waals surface area (Å²) in [5.41, 5.74) is -0.000689. The molecule has 3 atom stereocenters. The fourth-order valence-corrected chi connectivity index (χ4v) is 3.30. The van der Waals surface area contributed by atoms with Crippen LogP contribution in [0.5, 0.6) is 0 Å². The third-order valence-corrected chi connectivity index (χ3v) is 4.43. The molecule has 3 unspecified atom stereocenters. The molecule has 9 nitrogen and oxygen atoms in total. The summed E-state index contributed by atoms with van der Waals surface area (Å²) in [5, 5.41) is 23.6. The van der Waals surface area contributed by atoms with Gasteiger partial charge in [0.2, 0.25) is 6.10 Å². The molecule has 9 heteroatoms. The lowest BCUT2D eigenvalue weighted by Crippen LogP contribution is -2.37. The third-order valence-electron chi connectivity index (χ3n) is 4.43. The lowest BCUT2D eigenvalue weighted by molar-refractivity contribution is -0.540. The molecular weight excluding hydrogens is 380 g/mol. The molecule has 2 aromatic carbocycles. The molecule has 0 bridgehead atoms. The van der Waals surface area contributed by atoms with Crippen LogP contribution in [0.3, 0.4) is 0 Å². The van der Waals surface area contributed by atoms with Crippen molar-refractivity contribution in [3.8, 4) is 0 Å². The SMILES string of the molecule is CC(=O)CC(c1ccccc1)C(C(OC(C)=O)c1ccccc1[N+](=O)[O-])[N+](=O)[O-]. The largest absolute Gasteiger partial charge is 0.450 e. The Balaban J connectivity index is 2.68. The fourth-order valence-electron chi connectivity index (χ4n) is 3.30. The smallest absolute Gasteiger partial charge is 0.303 e. The number of carbonyl (C=O) groups is 2. The number of nitro groups is 2. The normalized spacial score (nSPS) is 13.7. The fraction of sp³-hybridized carbons (Fsp3) is 0.300. The minimum absolute atomic E-state index is 0.0983. The van der Waals surface area contributed by atoms with E-state index in [1.165, 1.54) is 31.2 Å². The molecule has 2 rings (SSSR count). The van der Waals surface area contributed by atoms with Gasteiger partial charge >= 0.3 is 5.97 Å². The first-order chi connectivity index (χ1) is 13.7. The molecule has 152 valence electrons. The van der Waals surface area contributed by atoms with Crippen LogP contribution in [0.15, 0.2) is 54.6 Å². The summed E-state index contributed by atoms with van der Waals surface area (Å²) in [5.74, 6) is -2.07. The Kier molecular flexibility index (Phi) is 7.13. The van der Waals surface area contributed by atoms with Gasteiger partial charge in [0, 0.05) is 24.3 Å². The molecule has 0 aliphatic rings. The molecule has 0 fully saturated rings. The lowest BCUT2D eigenvalue weighted by atomic mass is 9.82. The Morgan fingerprint density at radius 1 is 0.966 bits per heavy atom. The lowest BCUT2D eigenvalue weighted by Gasteiger charge is -2.27. The van der Waals surface area contributed by atoms with Gasteiger partial charge in [0.1, 0.15) is 5.78 Å². The number of hydrogen-bond donors (Lipinski definition) is 0. The van der Waals surface area contributed by atoms with E-state index >= 15 is 0 Å². The maximum absolute atomic E-state index is 12.1. The second-order valence-electron chi connectivity index (χ2n) is 6.55. The van der Waals surface area contributed by atoms with Gasteiger partial charge in [-0.25, -0.2) is 0 Å². The number of Topliss-reactive ketones (excluding diaryl/α,β-unsaturated/α-hetero) is 1. The monoisotopic (exact) mass is 400 g/mol. The van der Waals surface area contributed by atoms with Crippen molar-refractivity contribution in [2.75, 3.05) is 0 Å². The Bertz CT molecular complexity index is 914. The van der Waals surface area contributed by atoms with Crippen LogP contribution in [0.4, 0.5) is 5.69 Å². The molecule has 0 radical (unpaired) electrons. The first-order valence-electron chi connectivity index (χ1n) is 8.80. The second kappa shape index (κ2) is 9.54. The molecule has 29 heavy (non-hydrogen) atoms. The van der Waals surface area contributed by atoms with E-state index in [0.29, 0.717) is 5.56 Å². The third kappa shape index (κ3) is 5.44. The Morgan fingerprint density at radius 2 is 1.55 bits per heavy atom. The number of nitrogens with zero attached hydrogens (tertiary/aromatic N) is 2.